The molecule has 180 valence electrons. The largest absolute Gasteiger partial charge is 0.508 e. The third kappa shape index (κ3) is 3.89. The minimum Gasteiger partial charge on any atom is -0.508 e. The Morgan fingerprint density at radius 1 is 0.500 bits per heavy atom. The molecular weight excluding hydrogens is 468 g/mol. The van der Waals surface area contributed by atoms with Crippen molar-refractivity contribution in [3.63, 3.8) is 0 Å². The van der Waals surface area contributed by atoms with Crippen molar-refractivity contribution in [2.24, 2.45) is 0 Å². The molecule has 5 aromatic carbocycles. The summed E-state index contributed by atoms with van der Waals surface area (Å²) in [6, 6.07) is 41.9. The molecule has 0 amide bonds. The van der Waals surface area contributed by atoms with Crippen molar-refractivity contribution in [2.45, 2.75) is 0 Å². The molecule has 4 heteroatoms. The Morgan fingerprint density at radius 3 is 1.95 bits per heavy atom. The number of hydrogen-bond donors (Lipinski definition) is 1. The first-order valence-electron chi connectivity index (χ1n) is 12.5. The van der Waals surface area contributed by atoms with Crippen LogP contribution in [0.2, 0.25) is 0 Å². The number of rotatable bonds is 4. The van der Waals surface area contributed by atoms with Gasteiger partial charge in [-0.3, -0.25) is 0 Å². The summed E-state index contributed by atoms with van der Waals surface area (Å²) in [6.07, 6.45) is 0. The van der Waals surface area contributed by atoms with Crippen LogP contribution in [0.4, 0.5) is 0 Å². The number of phenols is 1. The van der Waals surface area contributed by atoms with Crippen LogP contribution in [0.3, 0.4) is 0 Å². The van der Waals surface area contributed by atoms with Crippen molar-refractivity contribution >= 4 is 21.9 Å². The van der Waals surface area contributed by atoms with E-state index in [0.717, 1.165) is 61.1 Å². The topological polar surface area (TPSA) is 59.2 Å². The molecule has 0 radical (unpaired) electrons. The molecule has 0 saturated heterocycles. The number of benzene rings is 5. The molecule has 1 N–H and O–H groups in total. The van der Waals surface area contributed by atoms with E-state index >= 15 is 0 Å². The quantitative estimate of drug-likeness (QED) is 0.268. The molecule has 0 unspecified atom stereocenters. The predicted molar refractivity (Wildman–Crippen MR) is 153 cm³/mol. The third-order valence-corrected chi connectivity index (χ3v) is 6.80. The van der Waals surface area contributed by atoms with Gasteiger partial charge in [-0.2, -0.15) is 0 Å². The zero-order valence-corrected chi connectivity index (χ0v) is 20.4. The number of phenolic OH excluding ortho intramolecular Hbond substituents is 1. The van der Waals surface area contributed by atoms with Gasteiger partial charge in [-0.1, -0.05) is 91.0 Å². The van der Waals surface area contributed by atoms with Crippen LogP contribution in [0.1, 0.15) is 0 Å². The highest BCUT2D eigenvalue weighted by atomic mass is 16.3. The van der Waals surface area contributed by atoms with E-state index in [4.69, 9.17) is 14.4 Å². The maximum atomic E-state index is 9.73. The predicted octanol–water partition coefficient (Wildman–Crippen LogP) is 8.75. The average Bonchev–Trinajstić information content (AvgIpc) is 3.36. The van der Waals surface area contributed by atoms with E-state index in [1.807, 2.05) is 84.9 Å². The van der Waals surface area contributed by atoms with Gasteiger partial charge < -0.3 is 9.52 Å². The SMILES string of the molecule is Oc1ccc(-c2ccc3oc4cccc(-c5cc(-c6ccccc6)nc(-c6ccccc6)n5)c4c3c2)cc1. The lowest BCUT2D eigenvalue weighted by Crippen LogP contribution is -1.96. The van der Waals surface area contributed by atoms with E-state index in [-0.39, 0.29) is 5.75 Å². The van der Waals surface area contributed by atoms with Gasteiger partial charge in [0, 0.05) is 27.5 Å². The standard InChI is InChI=1S/C34H22N2O2/c37-26-17-14-22(15-18-26)25-16-19-31-28(20-25)33-27(12-7-13-32(33)38-31)30-21-29(23-8-3-1-4-9-23)35-34(36-30)24-10-5-2-6-11-24/h1-21,37H. The van der Waals surface area contributed by atoms with Crippen LogP contribution in [0.25, 0.3) is 67.0 Å². The Labute approximate surface area is 219 Å². The summed E-state index contributed by atoms with van der Waals surface area (Å²) < 4.78 is 6.27. The first kappa shape index (κ1) is 22.0. The molecule has 0 aliphatic heterocycles. The van der Waals surface area contributed by atoms with Crippen LogP contribution in [-0.4, -0.2) is 15.1 Å². The second kappa shape index (κ2) is 9.02. The van der Waals surface area contributed by atoms with Crippen LogP contribution in [0.5, 0.6) is 5.75 Å². The van der Waals surface area contributed by atoms with Gasteiger partial charge in [0.2, 0.25) is 0 Å². The maximum absolute atomic E-state index is 9.73. The number of nitrogens with zero attached hydrogens (tertiary/aromatic N) is 2. The second-order valence-corrected chi connectivity index (χ2v) is 9.23. The van der Waals surface area contributed by atoms with Crippen LogP contribution in [-0.2, 0) is 0 Å². The molecule has 0 saturated carbocycles. The molecule has 7 aromatic rings. The third-order valence-electron chi connectivity index (χ3n) is 6.80. The molecule has 38 heavy (non-hydrogen) atoms. The fraction of sp³-hybridized carbons (Fsp3) is 0. The Bertz CT molecular complexity index is 1850. The van der Waals surface area contributed by atoms with Gasteiger partial charge in [0.1, 0.15) is 16.9 Å². The zero-order chi connectivity index (χ0) is 25.5. The van der Waals surface area contributed by atoms with Crippen LogP contribution >= 0.6 is 0 Å². The van der Waals surface area contributed by atoms with Gasteiger partial charge >= 0.3 is 0 Å². The molecular formula is C34H22N2O2. The Morgan fingerprint density at radius 2 is 1.18 bits per heavy atom. The summed E-state index contributed by atoms with van der Waals surface area (Å²) in [5.41, 5.74) is 8.38. The molecule has 0 aliphatic carbocycles. The van der Waals surface area contributed by atoms with E-state index in [1.54, 1.807) is 12.1 Å². The fourth-order valence-corrected chi connectivity index (χ4v) is 4.93. The fourth-order valence-electron chi connectivity index (χ4n) is 4.93. The molecule has 0 fully saturated rings. The van der Waals surface area contributed by atoms with Crippen molar-refractivity contribution in [3.05, 3.63) is 127 Å². The lowest BCUT2D eigenvalue weighted by molar-refractivity contribution is 0.475. The lowest BCUT2D eigenvalue weighted by Gasteiger charge is -2.10. The van der Waals surface area contributed by atoms with E-state index < -0.39 is 0 Å². The molecule has 2 heterocycles. The van der Waals surface area contributed by atoms with Crippen molar-refractivity contribution in [1.82, 2.24) is 9.97 Å². The van der Waals surface area contributed by atoms with E-state index in [9.17, 15) is 5.11 Å². The smallest absolute Gasteiger partial charge is 0.160 e. The highest BCUT2D eigenvalue weighted by Gasteiger charge is 2.17. The van der Waals surface area contributed by atoms with Crippen LogP contribution in [0.15, 0.2) is 132 Å². The van der Waals surface area contributed by atoms with Gasteiger partial charge in [0.05, 0.1) is 11.4 Å². The maximum Gasteiger partial charge on any atom is 0.160 e. The summed E-state index contributed by atoms with van der Waals surface area (Å²) in [5, 5.41) is 11.8. The van der Waals surface area contributed by atoms with Gasteiger partial charge in [-0.15, -0.1) is 0 Å². The summed E-state index contributed by atoms with van der Waals surface area (Å²) in [5.74, 6) is 0.926. The highest BCUT2D eigenvalue weighted by molar-refractivity contribution is 6.13. The molecule has 7 rings (SSSR count). The molecule has 4 nitrogen and oxygen atoms in total. The van der Waals surface area contributed by atoms with Gasteiger partial charge in [-0.05, 0) is 47.5 Å². The number of aromatic hydroxyl groups is 1. The lowest BCUT2D eigenvalue weighted by atomic mass is 9.99. The zero-order valence-electron chi connectivity index (χ0n) is 20.4. The van der Waals surface area contributed by atoms with Crippen LogP contribution < -0.4 is 0 Å². The second-order valence-electron chi connectivity index (χ2n) is 9.23. The molecule has 0 atom stereocenters. The monoisotopic (exact) mass is 490 g/mol. The number of hydrogen-bond acceptors (Lipinski definition) is 4. The number of furan rings is 1. The van der Waals surface area contributed by atoms with Gasteiger partial charge in [-0.25, -0.2) is 9.97 Å². The summed E-state index contributed by atoms with van der Waals surface area (Å²) >= 11 is 0. The molecule has 0 spiro atoms. The van der Waals surface area contributed by atoms with Crippen LogP contribution in [0, 0.1) is 0 Å². The van der Waals surface area contributed by atoms with Crippen molar-refractivity contribution in [1.29, 1.82) is 0 Å². The summed E-state index contributed by atoms with van der Waals surface area (Å²) in [6.45, 7) is 0. The molecule has 0 bridgehead atoms. The number of fused-ring (bicyclic) bond motifs is 3. The average molecular weight is 491 g/mol. The minimum atomic E-state index is 0.248. The Kier molecular flexibility index (Phi) is 5.22. The first-order chi connectivity index (χ1) is 18.7. The van der Waals surface area contributed by atoms with Crippen molar-refractivity contribution in [3.8, 4) is 50.8 Å². The van der Waals surface area contributed by atoms with Crippen molar-refractivity contribution < 1.29 is 9.52 Å². The Balaban J connectivity index is 1.48. The summed E-state index contributed by atoms with van der Waals surface area (Å²) in [4.78, 5) is 9.98. The molecule has 2 aromatic heterocycles. The molecule has 0 aliphatic rings. The van der Waals surface area contributed by atoms with Crippen molar-refractivity contribution in [2.75, 3.05) is 0 Å². The van der Waals surface area contributed by atoms with Gasteiger partial charge in [0.15, 0.2) is 5.82 Å². The van der Waals surface area contributed by atoms with E-state index in [1.165, 1.54) is 0 Å². The first-order valence-corrected chi connectivity index (χ1v) is 12.5. The van der Waals surface area contributed by atoms with Gasteiger partial charge in [0.25, 0.3) is 0 Å². The highest BCUT2D eigenvalue weighted by Crippen LogP contribution is 2.39. The minimum absolute atomic E-state index is 0.248. The Hall–Kier alpha value is -5.22. The normalized spacial score (nSPS) is 11.3. The van der Waals surface area contributed by atoms with E-state index in [2.05, 4.69) is 30.3 Å². The number of aromatic nitrogens is 2. The summed E-state index contributed by atoms with van der Waals surface area (Å²) in [7, 11) is 0. The van der Waals surface area contributed by atoms with E-state index in [0.29, 0.717) is 5.82 Å².